The van der Waals surface area contributed by atoms with Crippen molar-refractivity contribution < 1.29 is 14.7 Å². The molecule has 2 atom stereocenters. The number of hydrogen-bond donors (Lipinski definition) is 2. The van der Waals surface area contributed by atoms with E-state index in [4.69, 9.17) is 5.11 Å². The van der Waals surface area contributed by atoms with E-state index < -0.39 is 17.4 Å². The Morgan fingerprint density at radius 1 is 1.31 bits per heavy atom. The van der Waals surface area contributed by atoms with Gasteiger partial charge < -0.3 is 10.4 Å². The summed E-state index contributed by atoms with van der Waals surface area (Å²) in [5.74, 6) is -1.22. The Labute approximate surface area is 97.4 Å². The smallest absolute Gasteiger partial charge is 0.326 e. The van der Waals surface area contributed by atoms with Crippen LogP contribution < -0.4 is 5.32 Å². The molecule has 0 aromatic rings. The Bertz CT molecular complexity index is 261. The van der Waals surface area contributed by atoms with Gasteiger partial charge in [-0.25, -0.2) is 4.79 Å². The molecule has 0 aromatic heterocycles. The molecule has 4 heteroatoms. The largest absolute Gasteiger partial charge is 0.480 e. The van der Waals surface area contributed by atoms with Crippen molar-refractivity contribution in [3.05, 3.63) is 0 Å². The lowest BCUT2D eigenvalue weighted by Gasteiger charge is -2.27. The van der Waals surface area contributed by atoms with Gasteiger partial charge in [0.15, 0.2) is 0 Å². The quantitative estimate of drug-likeness (QED) is 0.732. The zero-order chi connectivity index (χ0) is 12.9. The maximum atomic E-state index is 11.9. The third-order valence-electron chi connectivity index (χ3n) is 3.26. The van der Waals surface area contributed by atoms with Crippen molar-refractivity contribution in [2.45, 2.75) is 53.5 Å². The van der Waals surface area contributed by atoms with Crippen LogP contribution in [-0.2, 0) is 9.59 Å². The highest BCUT2D eigenvalue weighted by atomic mass is 16.4. The predicted molar refractivity (Wildman–Crippen MR) is 63.1 cm³/mol. The Morgan fingerprint density at radius 3 is 2.12 bits per heavy atom. The number of rotatable bonds is 6. The molecule has 0 aliphatic carbocycles. The molecule has 0 saturated carbocycles. The second-order valence-corrected chi connectivity index (χ2v) is 4.91. The van der Waals surface area contributed by atoms with Gasteiger partial charge in [0.25, 0.3) is 0 Å². The van der Waals surface area contributed by atoms with Crippen LogP contribution in [0.5, 0.6) is 0 Å². The molecule has 16 heavy (non-hydrogen) atoms. The van der Waals surface area contributed by atoms with E-state index in [1.807, 2.05) is 34.6 Å². The van der Waals surface area contributed by atoms with Gasteiger partial charge in [-0.1, -0.05) is 41.0 Å². The molecule has 0 radical (unpaired) electrons. The maximum Gasteiger partial charge on any atom is 0.326 e. The number of nitrogens with one attached hydrogen (secondary N) is 1. The second kappa shape index (κ2) is 5.87. The number of hydrogen-bond acceptors (Lipinski definition) is 2. The first kappa shape index (κ1) is 14.9. The van der Waals surface area contributed by atoms with Crippen LogP contribution in [0.25, 0.3) is 0 Å². The lowest BCUT2D eigenvalue weighted by Crippen LogP contribution is -2.49. The van der Waals surface area contributed by atoms with Gasteiger partial charge in [-0.05, 0) is 12.3 Å². The summed E-state index contributed by atoms with van der Waals surface area (Å²) in [6.45, 7) is 9.30. The Morgan fingerprint density at radius 2 is 1.81 bits per heavy atom. The highest BCUT2D eigenvalue weighted by Gasteiger charge is 2.31. The summed E-state index contributed by atoms with van der Waals surface area (Å²) in [7, 11) is 0. The molecule has 0 aromatic carbocycles. The zero-order valence-corrected chi connectivity index (χ0v) is 10.8. The first-order valence-corrected chi connectivity index (χ1v) is 5.80. The molecular formula is C12H23NO3. The van der Waals surface area contributed by atoms with E-state index >= 15 is 0 Å². The van der Waals surface area contributed by atoms with Gasteiger partial charge >= 0.3 is 5.97 Å². The first-order chi connectivity index (χ1) is 7.26. The summed E-state index contributed by atoms with van der Waals surface area (Å²) in [5, 5.41) is 11.7. The summed E-state index contributed by atoms with van der Waals surface area (Å²) >= 11 is 0. The maximum absolute atomic E-state index is 11.9. The van der Waals surface area contributed by atoms with Crippen LogP contribution in [0, 0.1) is 11.3 Å². The highest BCUT2D eigenvalue weighted by molar-refractivity contribution is 5.87. The average Bonchev–Trinajstić information content (AvgIpc) is 2.23. The van der Waals surface area contributed by atoms with E-state index in [1.54, 1.807) is 0 Å². The normalized spacial score (nSPS) is 15.3. The molecule has 94 valence electrons. The summed E-state index contributed by atoms with van der Waals surface area (Å²) in [5.41, 5.74) is -0.513. The van der Waals surface area contributed by atoms with Crippen molar-refractivity contribution in [2.24, 2.45) is 11.3 Å². The standard InChI is InChI=1S/C12H23NO3/c1-6-8(3)9(10(14)15)13-11(16)12(4,5)7-2/h8-9H,6-7H2,1-5H3,(H,13,16)(H,14,15)/t8?,9-/m0/s1. The molecule has 1 amide bonds. The van der Waals surface area contributed by atoms with Crippen molar-refractivity contribution >= 4 is 11.9 Å². The van der Waals surface area contributed by atoms with Gasteiger partial charge in [-0.3, -0.25) is 4.79 Å². The number of carbonyl (C=O) groups is 2. The van der Waals surface area contributed by atoms with Crippen molar-refractivity contribution in [1.29, 1.82) is 0 Å². The van der Waals surface area contributed by atoms with Crippen molar-refractivity contribution in [3.8, 4) is 0 Å². The topological polar surface area (TPSA) is 66.4 Å². The second-order valence-electron chi connectivity index (χ2n) is 4.91. The zero-order valence-electron chi connectivity index (χ0n) is 10.8. The van der Waals surface area contributed by atoms with Gasteiger partial charge in [-0.15, -0.1) is 0 Å². The van der Waals surface area contributed by atoms with E-state index in [9.17, 15) is 9.59 Å². The molecule has 1 unspecified atom stereocenters. The van der Waals surface area contributed by atoms with E-state index in [0.717, 1.165) is 6.42 Å². The first-order valence-electron chi connectivity index (χ1n) is 5.80. The average molecular weight is 229 g/mol. The molecule has 0 bridgehead atoms. The molecule has 2 N–H and O–H groups in total. The molecular weight excluding hydrogens is 206 g/mol. The summed E-state index contributed by atoms with van der Waals surface area (Å²) in [6, 6.07) is -0.789. The van der Waals surface area contributed by atoms with E-state index in [0.29, 0.717) is 6.42 Å². The fourth-order valence-corrected chi connectivity index (χ4v) is 1.18. The Kier molecular flexibility index (Phi) is 5.48. The van der Waals surface area contributed by atoms with Crippen LogP contribution in [0.1, 0.15) is 47.5 Å². The number of amides is 1. The Hall–Kier alpha value is -1.06. The van der Waals surface area contributed by atoms with Gasteiger partial charge in [0, 0.05) is 5.41 Å². The van der Waals surface area contributed by atoms with Crippen LogP contribution in [0.2, 0.25) is 0 Å². The highest BCUT2D eigenvalue weighted by Crippen LogP contribution is 2.20. The van der Waals surface area contributed by atoms with Crippen LogP contribution in [0.3, 0.4) is 0 Å². The van der Waals surface area contributed by atoms with Crippen LogP contribution in [0.15, 0.2) is 0 Å². The minimum Gasteiger partial charge on any atom is -0.480 e. The SMILES string of the molecule is CCC(C)[C@H](NC(=O)C(C)(C)CC)C(=O)O. The lowest BCUT2D eigenvalue weighted by atomic mass is 9.88. The molecule has 0 saturated heterocycles. The summed E-state index contributed by atoms with van der Waals surface area (Å²) in [4.78, 5) is 22.9. The van der Waals surface area contributed by atoms with Gasteiger partial charge in [0.05, 0.1) is 0 Å². The molecule has 0 spiro atoms. The van der Waals surface area contributed by atoms with E-state index in [2.05, 4.69) is 5.32 Å². The lowest BCUT2D eigenvalue weighted by molar-refractivity contribution is -0.145. The van der Waals surface area contributed by atoms with E-state index in [-0.39, 0.29) is 11.8 Å². The summed E-state index contributed by atoms with van der Waals surface area (Å²) in [6.07, 6.45) is 1.41. The molecule has 0 fully saturated rings. The van der Waals surface area contributed by atoms with Crippen molar-refractivity contribution in [1.82, 2.24) is 5.32 Å². The van der Waals surface area contributed by atoms with Gasteiger partial charge in [0.2, 0.25) is 5.91 Å². The number of carboxylic acid groups (broad SMARTS) is 1. The minimum atomic E-state index is -0.963. The fraction of sp³-hybridized carbons (Fsp3) is 0.833. The number of carbonyl (C=O) groups excluding carboxylic acids is 1. The number of carboxylic acids is 1. The van der Waals surface area contributed by atoms with Crippen LogP contribution in [-0.4, -0.2) is 23.0 Å². The van der Waals surface area contributed by atoms with Crippen molar-refractivity contribution in [2.75, 3.05) is 0 Å². The fourth-order valence-electron chi connectivity index (χ4n) is 1.18. The van der Waals surface area contributed by atoms with Crippen LogP contribution >= 0.6 is 0 Å². The molecule has 0 aliphatic heterocycles. The molecule has 0 heterocycles. The van der Waals surface area contributed by atoms with Gasteiger partial charge in [-0.2, -0.15) is 0 Å². The van der Waals surface area contributed by atoms with Crippen molar-refractivity contribution in [3.63, 3.8) is 0 Å². The van der Waals surface area contributed by atoms with E-state index in [1.165, 1.54) is 0 Å². The predicted octanol–water partition coefficient (Wildman–Crippen LogP) is 2.04. The third-order valence-corrected chi connectivity index (χ3v) is 3.26. The minimum absolute atomic E-state index is 0.0610. The monoisotopic (exact) mass is 229 g/mol. The molecule has 4 nitrogen and oxygen atoms in total. The van der Waals surface area contributed by atoms with Crippen LogP contribution in [0.4, 0.5) is 0 Å². The van der Waals surface area contributed by atoms with Gasteiger partial charge in [0.1, 0.15) is 6.04 Å². The summed E-state index contributed by atoms with van der Waals surface area (Å²) < 4.78 is 0. The molecule has 0 rings (SSSR count). The third kappa shape index (κ3) is 3.83. The Balaban J connectivity index is 4.65. The molecule has 0 aliphatic rings. The number of aliphatic carboxylic acids is 1.